The normalized spacial score (nSPS) is 17.6. The Labute approximate surface area is 146 Å². The number of nitrogens with one attached hydrogen (secondary N) is 2. The van der Waals surface area contributed by atoms with Crippen molar-refractivity contribution in [3.05, 3.63) is 54.4 Å². The lowest BCUT2D eigenvalue weighted by Crippen LogP contribution is -2.43. The second-order valence-corrected chi connectivity index (χ2v) is 6.40. The van der Waals surface area contributed by atoms with Gasteiger partial charge in [-0.3, -0.25) is 9.78 Å². The summed E-state index contributed by atoms with van der Waals surface area (Å²) in [5.41, 5.74) is 2.86. The van der Waals surface area contributed by atoms with Gasteiger partial charge < -0.3 is 15.2 Å². The van der Waals surface area contributed by atoms with E-state index in [9.17, 15) is 4.79 Å². The molecule has 0 bridgehead atoms. The molecule has 1 fully saturated rings. The number of aromatic amines is 1. The first kappa shape index (κ1) is 15.6. The fourth-order valence-electron chi connectivity index (χ4n) is 3.30. The van der Waals surface area contributed by atoms with Gasteiger partial charge in [-0.25, -0.2) is 4.98 Å². The molecule has 4 rings (SSSR count). The molecule has 0 unspecified atom stereocenters. The zero-order valence-electron chi connectivity index (χ0n) is 14.0. The predicted molar refractivity (Wildman–Crippen MR) is 97.1 cm³/mol. The van der Waals surface area contributed by atoms with Gasteiger partial charge in [0.25, 0.3) is 0 Å². The van der Waals surface area contributed by atoms with E-state index in [-0.39, 0.29) is 11.8 Å². The fraction of sp³-hybridized carbons (Fsp3) is 0.316. The van der Waals surface area contributed by atoms with Crippen LogP contribution in [-0.4, -0.2) is 33.9 Å². The highest BCUT2D eigenvalue weighted by molar-refractivity contribution is 5.80. The number of amides is 1. The van der Waals surface area contributed by atoms with Crippen molar-refractivity contribution in [1.29, 1.82) is 0 Å². The number of imidazole rings is 1. The van der Waals surface area contributed by atoms with Crippen molar-refractivity contribution in [3.8, 4) is 0 Å². The van der Waals surface area contributed by atoms with Gasteiger partial charge in [0, 0.05) is 19.3 Å². The smallest absolute Gasteiger partial charge is 0.225 e. The van der Waals surface area contributed by atoms with Crippen molar-refractivity contribution in [3.63, 3.8) is 0 Å². The minimum absolute atomic E-state index is 0.0225. The van der Waals surface area contributed by atoms with E-state index in [2.05, 4.69) is 25.2 Å². The number of benzene rings is 1. The molecule has 2 aromatic heterocycles. The summed E-state index contributed by atoms with van der Waals surface area (Å²) in [6, 6.07) is 13.7. The van der Waals surface area contributed by atoms with E-state index >= 15 is 0 Å². The van der Waals surface area contributed by atoms with Crippen LogP contribution in [0.5, 0.6) is 0 Å². The lowest BCUT2D eigenvalue weighted by molar-refractivity contribution is -0.125. The number of rotatable bonds is 4. The molecular weight excluding hydrogens is 314 g/mol. The van der Waals surface area contributed by atoms with E-state index in [4.69, 9.17) is 0 Å². The zero-order chi connectivity index (χ0) is 17.1. The largest absolute Gasteiger partial charge is 0.350 e. The molecule has 128 valence electrons. The molecule has 6 heteroatoms. The minimum atomic E-state index is -0.0225. The molecular formula is C19H21N5O. The molecule has 2 N–H and O–H groups in total. The number of pyridine rings is 1. The van der Waals surface area contributed by atoms with E-state index in [0.717, 1.165) is 42.1 Å². The Morgan fingerprint density at radius 3 is 2.96 bits per heavy atom. The van der Waals surface area contributed by atoms with Gasteiger partial charge in [0.05, 0.1) is 29.2 Å². The van der Waals surface area contributed by atoms with Gasteiger partial charge in [-0.2, -0.15) is 0 Å². The van der Waals surface area contributed by atoms with Crippen LogP contribution in [0.1, 0.15) is 18.5 Å². The first-order valence-electron chi connectivity index (χ1n) is 8.67. The standard InChI is InChI=1S/C19H21N5O/c25-18(21-12-15-7-3-4-10-20-15)14-6-5-11-24(13-14)19-22-16-8-1-2-9-17(16)23-19/h1-4,7-10,14H,5-6,11-13H2,(H,21,25)(H,22,23)/t14-/m1/s1. The van der Waals surface area contributed by atoms with Gasteiger partial charge >= 0.3 is 0 Å². The van der Waals surface area contributed by atoms with Gasteiger partial charge in [-0.15, -0.1) is 0 Å². The quantitative estimate of drug-likeness (QED) is 0.768. The lowest BCUT2D eigenvalue weighted by atomic mass is 9.97. The molecule has 1 aliphatic heterocycles. The number of carbonyl (C=O) groups is 1. The van der Waals surface area contributed by atoms with E-state index in [0.29, 0.717) is 13.1 Å². The third-order valence-electron chi connectivity index (χ3n) is 4.64. The fourth-order valence-corrected chi connectivity index (χ4v) is 3.30. The van der Waals surface area contributed by atoms with Crippen LogP contribution in [0.15, 0.2) is 48.7 Å². The number of hydrogen-bond acceptors (Lipinski definition) is 4. The molecule has 6 nitrogen and oxygen atoms in total. The lowest BCUT2D eigenvalue weighted by Gasteiger charge is -2.31. The van der Waals surface area contributed by atoms with Gasteiger partial charge in [-0.05, 0) is 37.1 Å². The molecule has 0 radical (unpaired) electrons. The molecule has 3 aromatic rings. The van der Waals surface area contributed by atoms with Crippen LogP contribution < -0.4 is 10.2 Å². The van der Waals surface area contributed by atoms with Crippen LogP contribution in [0.3, 0.4) is 0 Å². The molecule has 1 aliphatic rings. The Morgan fingerprint density at radius 1 is 1.24 bits per heavy atom. The minimum Gasteiger partial charge on any atom is -0.350 e. The first-order chi connectivity index (χ1) is 12.3. The number of fused-ring (bicyclic) bond motifs is 1. The second-order valence-electron chi connectivity index (χ2n) is 6.40. The molecule has 0 saturated carbocycles. The third-order valence-corrected chi connectivity index (χ3v) is 4.64. The monoisotopic (exact) mass is 335 g/mol. The SMILES string of the molecule is O=C(NCc1ccccn1)[C@@H]1CCCN(c2nc3ccccc3[nH]2)C1. The summed E-state index contributed by atoms with van der Waals surface area (Å²) in [6.45, 7) is 2.08. The highest BCUT2D eigenvalue weighted by Gasteiger charge is 2.27. The molecule has 1 atom stereocenters. The maximum absolute atomic E-state index is 12.5. The Hall–Kier alpha value is -2.89. The van der Waals surface area contributed by atoms with Crippen molar-refractivity contribution in [2.45, 2.75) is 19.4 Å². The Kier molecular flexibility index (Phi) is 4.33. The number of piperidine rings is 1. The van der Waals surface area contributed by atoms with E-state index < -0.39 is 0 Å². The molecule has 0 aliphatic carbocycles. The number of aromatic nitrogens is 3. The van der Waals surface area contributed by atoms with Crippen LogP contribution in [0.2, 0.25) is 0 Å². The van der Waals surface area contributed by atoms with Gasteiger partial charge in [0.1, 0.15) is 0 Å². The second kappa shape index (κ2) is 6.93. The average molecular weight is 335 g/mol. The molecule has 1 aromatic carbocycles. The summed E-state index contributed by atoms with van der Waals surface area (Å²) < 4.78 is 0. The Balaban J connectivity index is 1.41. The van der Waals surface area contributed by atoms with Crippen molar-refractivity contribution < 1.29 is 4.79 Å². The summed E-state index contributed by atoms with van der Waals surface area (Å²) >= 11 is 0. The molecule has 0 spiro atoms. The van der Waals surface area contributed by atoms with Crippen molar-refractivity contribution in [1.82, 2.24) is 20.3 Å². The zero-order valence-corrected chi connectivity index (χ0v) is 14.0. The number of hydrogen-bond donors (Lipinski definition) is 2. The first-order valence-corrected chi connectivity index (χ1v) is 8.67. The summed E-state index contributed by atoms with van der Waals surface area (Å²) in [5.74, 6) is 0.917. The summed E-state index contributed by atoms with van der Waals surface area (Å²) in [5, 5.41) is 3.01. The summed E-state index contributed by atoms with van der Waals surface area (Å²) in [7, 11) is 0. The highest BCUT2D eigenvalue weighted by atomic mass is 16.1. The van der Waals surface area contributed by atoms with Crippen LogP contribution in [-0.2, 0) is 11.3 Å². The van der Waals surface area contributed by atoms with Gasteiger partial charge in [-0.1, -0.05) is 18.2 Å². The van der Waals surface area contributed by atoms with Crippen LogP contribution in [0.4, 0.5) is 5.95 Å². The third kappa shape index (κ3) is 3.47. The topological polar surface area (TPSA) is 73.9 Å². The maximum atomic E-state index is 12.5. The van der Waals surface area contributed by atoms with Crippen molar-refractivity contribution in [2.75, 3.05) is 18.0 Å². The number of anilines is 1. The summed E-state index contributed by atoms with van der Waals surface area (Å²) in [6.07, 6.45) is 3.63. The molecule has 25 heavy (non-hydrogen) atoms. The predicted octanol–water partition coefficient (Wildman–Crippen LogP) is 2.49. The van der Waals surface area contributed by atoms with Crippen LogP contribution in [0, 0.1) is 5.92 Å². The van der Waals surface area contributed by atoms with Gasteiger partial charge in [0.2, 0.25) is 11.9 Å². The van der Waals surface area contributed by atoms with Crippen LogP contribution in [0.25, 0.3) is 11.0 Å². The van der Waals surface area contributed by atoms with Crippen LogP contribution >= 0.6 is 0 Å². The maximum Gasteiger partial charge on any atom is 0.225 e. The average Bonchev–Trinajstić information content (AvgIpc) is 3.11. The Morgan fingerprint density at radius 2 is 2.12 bits per heavy atom. The van der Waals surface area contributed by atoms with Crippen molar-refractivity contribution >= 4 is 22.9 Å². The highest BCUT2D eigenvalue weighted by Crippen LogP contribution is 2.23. The van der Waals surface area contributed by atoms with Gasteiger partial charge in [0.15, 0.2) is 0 Å². The number of nitrogens with zero attached hydrogens (tertiary/aromatic N) is 3. The van der Waals surface area contributed by atoms with Crippen molar-refractivity contribution in [2.24, 2.45) is 5.92 Å². The molecule has 3 heterocycles. The molecule has 1 amide bonds. The summed E-state index contributed by atoms with van der Waals surface area (Å²) in [4.78, 5) is 27.0. The Bertz CT molecular complexity index is 827. The van der Waals surface area contributed by atoms with E-state index in [1.165, 1.54) is 0 Å². The number of carbonyl (C=O) groups excluding carboxylic acids is 1. The van der Waals surface area contributed by atoms with E-state index in [1.807, 2.05) is 42.5 Å². The number of para-hydroxylation sites is 2. The van der Waals surface area contributed by atoms with E-state index in [1.54, 1.807) is 6.20 Å². The number of H-pyrrole nitrogens is 1. The molecule has 1 saturated heterocycles.